The number of halogens is 1. The largest absolute Gasteiger partial charge is 0.297 e. The fourth-order valence-electron chi connectivity index (χ4n) is 2.66. The summed E-state index contributed by atoms with van der Waals surface area (Å²) in [6.07, 6.45) is 2.52. The minimum atomic E-state index is -0.313. The SMILES string of the molecule is O=C(Nc1ncc(Cc2ccc(Br)cc2)s1)c1cc2ccccc2c(=O)s1. The molecule has 2 aromatic heterocycles. The molecule has 0 aliphatic rings. The van der Waals surface area contributed by atoms with E-state index in [0.717, 1.165) is 32.5 Å². The van der Waals surface area contributed by atoms with Crippen molar-refractivity contribution >= 4 is 60.4 Å². The van der Waals surface area contributed by atoms with E-state index in [1.54, 1.807) is 18.3 Å². The molecule has 4 nitrogen and oxygen atoms in total. The highest BCUT2D eigenvalue weighted by Crippen LogP contribution is 2.23. The van der Waals surface area contributed by atoms with Gasteiger partial charge >= 0.3 is 0 Å². The van der Waals surface area contributed by atoms with Gasteiger partial charge in [-0.3, -0.25) is 14.9 Å². The molecular weight excluding hydrogens is 444 g/mol. The van der Waals surface area contributed by atoms with Gasteiger partial charge < -0.3 is 0 Å². The molecule has 27 heavy (non-hydrogen) atoms. The van der Waals surface area contributed by atoms with Gasteiger partial charge in [0.2, 0.25) is 4.74 Å². The van der Waals surface area contributed by atoms with Gasteiger partial charge in [0.15, 0.2) is 5.13 Å². The van der Waals surface area contributed by atoms with Crippen molar-refractivity contribution in [3.63, 3.8) is 0 Å². The zero-order chi connectivity index (χ0) is 18.8. The maximum atomic E-state index is 12.5. The number of nitrogens with one attached hydrogen (secondary N) is 1. The van der Waals surface area contributed by atoms with Gasteiger partial charge in [0.25, 0.3) is 5.91 Å². The van der Waals surface area contributed by atoms with Crippen LogP contribution in [0, 0.1) is 0 Å². The predicted molar refractivity (Wildman–Crippen MR) is 115 cm³/mol. The second-order valence-electron chi connectivity index (χ2n) is 5.87. The number of benzene rings is 2. The van der Waals surface area contributed by atoms with Crippen LogP contribution >= 0.6 is 38.6 Å². The summed E-state index contributed by atoms with van der Waals surface area (Å²) in [4.78, 5) is 30.5. The Labute approximate surface area is 171 Å². The molecule has 0 aliphatic heterocycles. The Bertz CT molecular complexity index is 1180. The zero-order valence-electron chi connectivity index (χ0n) is 13.9. The molecule has 0 saturated carbocycles. The number of hydrogen-bond donors (Lipinski definition) is 1. The van der Waals surface area contributed by atoms with Crippen molar-refractivity contribution in [2.75, 3.05) is 5.32 Å². The molecule has 7 heteroatoms. The lowest BCUT2D eigenvalue weighted by Crippen LogP contribution is -2.12. The average molecular weight is 457 g/mol. The zero-order valence-corrected chi connectivity index (χ0v) is 17.2. The number of anilines is 1. The Balaban J connectivity index is 1.51. The van der Waals surface area contributed by atoms with Gasteiger partial charge in [-0.25, -0.2) is 4.98 Å². The molecule has 4 rings (SSSR count). The lowest BCUT2D eigenvalue weighted by Gasteiger charge is -2.02. The van der Waals surface area contributed by atoms with Gasteiger partial charge in [-0.1, -0.05) is 57.6 Å². The summed E-state index contributed by atoms with van der Waals surface area (Å²) < 4.78 is 0.922. The first-order valence-electron chi connectivity index (χ1n) is 8.12. The molecule has 0 radical (unpaired) electrons. The highest BCUT2D eigenvalue weighted by molar-refractivity contribution is 9.10. The molecule has 0 saturated heterocycles. The second-order valence-corrected chi connectivity index (χ2v) is 8.92. The first kappa shape index (κ1) is 18.0. The number of amides is 1. The summed E-state index contributed by atoms with van der Waals surface area (Å²) in [7, 11) is 0. The summed E-state index contributed by atoms with van der Waals surface area (Å²) in [6, 6.07) is 17.1. The topological polar surface area (TPSA) is 59.1 Å². The average Bonchev–Trinajstić information content (AvgIpc) is 3.10. The number of carbonyl (C=O) groups is 1. The first-order valence-corrected chi connectivity index (χ1v) is 10.5. The van der Waals surface area contributed by atoms with Crippen LogP contribution in [0.5, 0.6) is 0 Å². The van der Waals surface area contributed by atoms with Crippen LogP contribution in [0.3, 0.4) is 0 Å². The van der Waals surface area contributed by atoms with E-state index in [2.05, 4.69) is 38.4 Å². The number of aromatic nitrogens is 1. The van der Waals surface area contributed by atoms with Crippen molar-refractivity contribution < 1.29 is 4.79 Å². The Morgan fingerprint density at radius 3 is 2.67 bits per heavy atom. The van der Waals surface area contributed by atoms with Crippen molar-refractivity contribution in [3.8, 4) is 0 Å². The number of thiazole rings is 1. The highest BCUT2D eigenvalue weighted by Gasteiger charge is 2.13. The third-order valence-corrected chi connectivity index (χ3v) is 6.33. The third kappa shape index (κ3) is 4.16. The smallest absolute Gasteiger partial charge is 0.267 e. The monoisotopic (exact) mass is 456 g/mol. The molecule has 0 fully saturated rings. The van der Waals surface area contributed by atoms with Crippen LogP contribution in [-0.2, 0) is 6.42 Å². The number of hydrogen-bond acceptors (Lipinski definition) is 5. The Morgan fingerprint density at radius 1 is 1.07 bits per heavy atom. The molecule has 4 aromatic rings. The van der Waals surface area contributed by atoms with Gasteiger partial charge in [0.1, 0.15) is 0 Å². The van der Waals surface area contributed by atoms with Gasteiger partial charge in [-0.2, -0.15) is 0 Å². The number of nitrogens with zero attached hydrogens (tertiary/aromatic N) is 1. The molecule has 0 unspecified atom stereocenters. The standard InChI is InChI=1S/C20H13BrN2O2S2/c21-14-7-5-12(6-8-14)9-15-11-22-20(26-15)23-18(24)17-10-13-3-1-2-4-16(13)19(25)27-17/h1-8,10-11H,9H2,(H,22,23,24). The lowest BCUT2D eigenvalue weighted by atomic mass is 10.1. The van der Waals surface area contributed by atoms with Crippen molar-refractivity contribution in [1.82, 2.24) is 4.98 Å². The fraction of sp³-hybridized carbons (Fsp3) is 0.0500. The van der Waals surface area contributed by atoms with E-state index in [4.69, 9.17) is 0 Å². The van der Waals surface area contributed by atoms with Gasteiger partial charge in [-0.15, -0.1) is 11.3 Å². The predicted octanol–water partition coefficient (Wildman–Crippen LogP) is 5.32. The summed E-state index contributed by atoms with van der Waals surface area (Å²) in [6.45, 7) is 0. The Morgan fingerprint density at radius 2 is 1.85 bits per heavy atom. The molecule has 134 valence electrons. The number of carbonyl (C=O) groups excluding carboxylic acids is 1. The van der Waals surface area contributed by atoms with Crippen LogP contribution in [0.4, 0.5) is 5.13 Å². The van der Waals surface area contributed by atoms with E-state index in [9.17, 15) is 9.59 Å². The van der Waals surface area contributed by atoms with Crippen molar-refractivity contribution in [1.29, 1.82) is 0 Å². The van der Waals surface area contributed by atoms with Crippen LogP contribution < -0.4 is 10.1 Å². The number of fused-ring (bicyclic) bond motifs is 1. The van der Waals surface area contributed by atoms with Crippen LogP contribution in [0.15, 0.2) is 70.1 Å². The molecular formula is C20H13BrN2O2S2. The molecule has 0 spiro atoms. The third-order valence-electron chi connectivity index (χ3n) is 3.96. The molecule has 0 bridgehead atoms. The van der Waals surface area contributed by atoms with E-state index in [1.165, 1.54) is 16.9 Å². The first-order chi connectivity index (χ1) is 13.1. The summed E-state index contributed by atoms with van der Waals surface area (Å²) in [5, 5.41) is 4.72. The molecule has 1 amide bonds. The highest BCUT2D eigenvalue weighted by atomic mass is 79.9. The van der Waals surface area contributed by atoms with Crippen molar-refractivity contribution in [2.24, 2.45) is 0 Å². The lowest BCUT2D eigenvalue weighted by molar-refractivity contribution is 0.103. The molecule has 0 atom stereocenters. The summed E-state index contributed by atoms with van der Waals surface area (Å²) in [5.74, 6) is -0.313. The van der Waals surface area contributed by atoms with E-state index >= 15 is 0 Å². The second kappa shape index (κ2) is 7.72. The van der Waals surface area contributed by atoms with E-state index in [-0.39, 0.29) is 10.6 Å². The van der Waals surface area contributed by atoms with Crippen molar-refractivity contribution in [3.05, 3.63) is 90.1 Å². The van der Waals surface area contributed by atoms with Crippen LogP contribution in [0.1, 0.15) is 20.1 Å². The van der Waals surface area contributed by atoms with Gasteiger partial charge in [0.05, 0.1) is 4.88 Å². The maximum absolute atomic E-state index is 12.5. The Hall–Kier alpha value is -2.35. The quantitative estimate of drug-likeness (QED) is 0.451. The normalized spacial score (nSPS) is 10.9. The van der Waals surface area contributed by atoms with E-state index in [1.807, 2.05) is 30.3 Å². The number of rotatable bonds is 4. The summed E-state index contributed by atoms with van der Waals surface area (Å²) in [5.41, 5.74) is 1.17. The molecule has 1 N–H and O–H groups in total. The Kier molecular flexibility index (Phi) is 5.15. The summed E-state index contributed by atoms with van der Waals surface area (Å²) >= 11 is 5.81. The maximum Gasteiger partial charge on any atom is 0.267 e. The minimum absolute atomic E-state index is 0.117. The fourth-order valence-corrected chi connectivity index (χ4v) is 4.59. The van der Waals surface area contributed by atoms with Crippen LogP contribution in [-0.4, -0.2) is 10.9 Å². The van der Waals surface area contributed by atoms with Crippen LogP contribution in [0.25, 0.3) is 10.8 Å². The minimum Gasteiger partial charge on any atom is -0.297 e. The van der Waals surface area contributed by atoms with E-state index in [0.29, 0.717) is 15.4 Å². The van der Waals surface area contributed by atoms with Gasteiger partial charge in [0, 0.05) is 27.4 Å². The van der Waals surface area contributed by atoms with Gasteiger partial charge in [-0.05, 0) is 35.2 Å². The van der Waals surface area contributed by atoms with Crippen molar-refractivity contribution in [2.45, 2.75) is 6.42 Å². The van der Waals surface area contributed by atoms with Crippen LogP contribution in [0.2, 0.25) is 0 Å². The molecule has 2 aromatic carbocycles. The van der Waals surface area contributed by atoms with E-state index < -0.39 is 0 Å². The molecule has 0 aliphatic carbocycles. The molecule has 2 heterocycles.